The zero-order valence-electron chi connectivity index (χ0n) is 7.76. The standard InChI is InChI=1S/C10H18O/c1-5-8(3)7-9(4)10(11)6-2/h5,8-9H,1,6-7H2,2-4H3/t8-,9+/m1/s1. The van der Waals surface area contributed by atoms with Gasteiger partial charge in [0.25, 0.3) is 0 Å². The fraction of sp³-hybridized carbons (Fsp3) is 0.700. The van der Waals surface area contributed by atoms with Gasteiger partial charge in [0.15, 0.2) is 0 Å². The minimum absolute atomic E-state index is 0.202. The Balaban J connectivity index is 3.76. The van der Waals surface area contributed by atoms with Crippen LogP contribution in [-0.2, 0) is 4.79 Å². The maximum atomic E-state index is 11.1. The van der Waals surface area contributed by atoms with E-state index in [1.54, 1.807) is 0 Å². The summed E-state index contributed by atoms with van der Waals surface area (Å²) < 4.78 is 0. The fourth-order valence-electron chi connectivity index (χ4n) is 1.13. The summed E-state index contributed by atoms with van der Waals surface area (Å²) >= 11 is 0. The van der Waals surface area contributed by atoms with E-state index >= 15 is 0 Å². The van der Waals surface area contributed by atoms with E-state index in [1.165, 1.54) is 0 Å². The van der Waals surface area contributed by atoms with Crippen molar-refractivity contribution in [3.63, 3.8) is 0 Å². The van der Waals surface area contributed by atoms with E-state index in [4.69, 9.17) is 0 Å². The van der Waals surface area contributed by atoms with Gasteiger partial charge in [0.1, 0.15) is 5.78 Å². The number of rotatable bonds is 5. The molecule has 1 heteroatoms. The molecule has 0 heterocycles. The molecule has 1 nitrogen and oxygen atoms in total. The number of ketones is 1. The van der Waals surface area contributed by atoms with Gasteiger partial charge in [-0.25, -0.2) is 0 Å². The van der Waals surface area contributed by atoms with Crippen LogP contribution in [0.5, 0.6) is 0 Å². The maximum Gasteiger partial charge on any atom is 0.135 e. The molecule has 0 fully saturated rings. The lowest BCUT2D eigenvalue weighted by Crippen LogP contribution is -2.11. The van der Waals surface area contributed by atoms with Crippen LogP contribution >= 0.6 is 0 Å². The molecule has 0 aliphatic carbocycles. The van der Waals surface area contributed by atoms with E-state index in [2.05, 4.69) is 13.5 Å². The lowest BCUT2D eigenvalue weighted by Gasteiger charge is -2.11. The van der Waals surface area contributed by atoms with Crippen LogP contribution in [0, 0.1) is 11.8 Å². The number of hydrogen-bond donors (Lipinski definition) is 0. The molecule has 0 aliphatic rings. The average molecular weight is 154 g/mol. The first-order chi connectivity index (χ1) is 5.11. The third-order valence-electron chi connectivity index (χ3n) is 2.03. The molecule has 0 radical (unpaired) electrons. The monoisotopic (exact) mass is 154 g/mol. The lowest BCUT2D eigenvalue weighted by atomic mass is 9.93. The highest BCUT2D eigenvalue weighted by Crippen LogP contribution is 2.14. The van der Waals surface area contributed by atoms with E-state index in [0.717, 1.165) is 6.42 Å². The molecule has 0 bridgehead atoms. The van der Waals surface area contributed by atoms with Gasteiger partial charge in [-0.15, -0.1) is 6.58 Å². The quantitative estimate of drug-likeness (QED) is 0.556. The van der Waals surface area contributed by atoms with Gasteiger partial charge < -0.3 is 0 Å². The highest BCUT2D eigenvalue weighted by atomic mass is 16.1. The van der Waals surface area contributed by atoms with Gasteiger partial charge in [0.05, 0.1) is 0 Å². The van der Waals surface area contributed by atoms with Crippen molar-refractivity contribution < 1.29 is 4.79 Å². The first kappa shape index (κ1) is 10.4. The Bertz CT molecular complexity index is 138. The van der Waals surface area contributed by atoms with Crippen molar-refractivity contribution in [2.75, 3.05) is 0 Å². The third-order valence-corrected chi connectivity index (χ3v) is 2.03. The maximum absolute atomic E-state index is 11.1. The van der Waals surface area contributed by atoms with Crippen LogP contribution in [-0.4, -0.2) is 5.78 Å². The molecule has 0 rings (SSSR count). The molecule has 64 valence electrons. The van der Waals surface area contributed by atoms with Crippen LogP contribution in [0.25, 0.3) is 0 Å². The van der Waals surface area contributed by atoms with Gasteiger partial charge in [0, 0.05) is 12.3 Å². The molecule has 0 unspecified atom stereocenters. The number of Topliss-reactive ketones (excluding diaryl/α,β-unsaturated/α-hetero) is 1. The molecule has 0 aromatic rings. The second-order valence-electron chi connectivity index (χ2n) is 3.17. The Morgan fingerprint density at radius 3 is 2.45 bits per heavy atom. The van der Waals surface area contributed by atoms with Gasteiger partial charge >= 0.3 is 0 Å². The van der Waals surface area contributed by atoms with E-state index < -0.39 is 0 Å². The summed E-state index contributed by atoms with van der Waals surface area (Å²) in [5.41, 5.74) is 0. The summed E-state index contributed by atoms with van der Waals surface area (Å²) in [7, 11) is 0. The van der Waals surface area contributed by atoms with Crippen LogP contribution in [0.15, 0.2) is 12.7 Å². The van der Waals surface area contributed by atoms with Crippen molar-refractivity contribution in [2.45, 2.75) is 33.6 Å². The fourth-order valence-corrected chi connectivity index (χ4v) is 1.13. The summed E-state index contributed by atoms with van der Waals surface area (Å²) in [6.07, 6.45) is 3.50. The van der Waals surface area contributed by atoms with Gasteiger partial charge in [-0.1, -0.05) is 26.8 Å². The van der Waals surface area contributed by atoms with Crippen molar-refractivity contribution in [1.29, 1.82) is 0 Å². The highest BCUT2D eigenvalue weighted by Gasteiger charge is 2.12. The number of carbonyl (C=O) groups is 1. The van der Waals surface area contributed by atoms with Crippen LogP contribution in [0.4, 0.5) is 0 Å². The molecule has 0 aromatic carbocycles. The molecular weight excluding hydrogens is 136 g/mol. The molecule has 0 spiro atoms. The highest BCUT2D eigenvalue weighted by molar-refractivity contribution is 5.80. The first-order valence-electron chi connectivity index (χ1n) is 4.27. The zero-order valence-corrected chi connectivity index (χ0v) is 7.76. The van der Waals surface area contributed by atoms with E-state index in [1.807, 2.05) is 19.9 Å². The number of allylic oxidation sites excluding steroid dienone is 1. The van der Waals surface area contributed by atoms with Crippen molar-refractivity contribution in [2.24, 2.45) is 11.8 Å². The van der Waals surface area contributed by atoms with E-state index in [9.17, 15) is 4.79 Å². The molecule has 2 atom stereocenters. The van der Waals surface area contributed by atoms with Gasteiger partial charge in [0.2, 0.25) is 0 Å². The normalized spacial score (nSPS) is 15.5. The average Bonchev–Trinajstić information content (AvgIpc) is 2.02. The van der Waals surface area contributed by atoms with Crippen LogP contribution < -0.4 is 0 Å². The zero-order chi connectivity index (χ0) is 8.85. The second-order valence-corrected chi connectivity index (χ2v) is 3.17. The first-order valence-corrected chi connectivity index (χ1v) is 4.27. The Morgan fingerprint density at radius 1 is 1.55 bits per heavy atom. The predicted octanol–water partition coefficient (Wildman–Crippen LogP) is 2.81. The largest absolute Gasteiger partial charge is 0.299 e. The van der Waals surface area contributed by atoms with Crippen LogP contribution in [0.2, 0.25) is 0 Å². The van der Waals surface area contributed by atoms with Crippen molar-refractivity contribution in [1.82, 2.24) is 0 Å². The molecular formula is C10H18O. The number of hydrogen-bond acceptors (Lipinski definition) is 1. The van der Waals surface area contributed by atoms with Crippen LogP contribution in [0.1, 0.15) is 33.6 Å². The molecule has 0 saturated carbocycles. The third kappa shape index (κ3) is 3.97. The smallest absolute Gasteiger partial charge is 0.135 e. The molecule has 0 amide bonds. The van der Waals surface area contributed by atoms with Gasteiger partial charge in [-0.2, -0.15) is 0 Å². The Morgan fingerprint density at radius 2 is 2.09 bits per heavy atom. The van der Waals surface area contributed by atoms with Gasteiger partial charge in [-0.3, -0.25) is 4.79 Å². The summed E-state index contributed by atoms with van der Waals surface area (Å²) in [4.78, 5) is 11.1. The summed E-state index contributed by atoms with van der Waals surface area (Å²) in [5, 5.41) is 0. The summed E-state index contributed by atoms with van der Waals surface area (Å²) in [6, 6.07) is 0. The SMILES string of the molecule is C=C[C@@H](C)C[C@H](C)C(=O)CC. The minimum atomic E-state index is 0.202. The molecule has 0 aliphatic heterocycles. The molecule has 0 saturated heterocycles. The Labute approximate surface area is 69.5 Å². The number of carbonyl (C=O) groups excluding carboxylic acids is 1. The van der Waals surface area contributed by atoms with E-state index in [-0.39, 0.29) is 5.92 Å². The molecule has 11 heavy (non-hydrogen) atoms. The van der Waals surface area contributed by atoms with Crippen molar-refractivity contribution in [3.05, 3.63) is 12.7 Å². The second kappa shape index (κ2) is 5.11. The minimum Gasteiger partial charge on any atom is -0.299 e. The summed E-state index contributed by atoms with van der Waals surface area (Å²) in [6.45, 7) is 9.68. The van der Waals surface area contributed by atoms with Crippen LogP contribution in [0.3, 0.4) is 0 Å². The summed E-state index contributed by atoms with van der Waals surface area (Å²) in [5.74, 6) is 1.02. The van der Waals surface area contributed by atoms with Crippen molar-refractivity contribution >= 4 is 5.78 Å². The lowest BCUT2D eigenvalue weighted by molar-refractivity contribution is -0.122. The Kier molecular flexibility index (Phi) is 4.84. The van der Waals surface area contributed by atoms with Gasteiger partial charge in [-0.05, 0) is 12.3 Å². The molecule has 0 aromatic heterocycles. The molecule has 0 N–H and O–H groups in total. The van der Waals surface area contributed by atoms with E-state index in [0.29, 0.717) is 18.1 Å². The topological polar surface area (TPSA) is 17.1 Å². The van der Waals surface area contributed by atoms with Crippen molar-refractivity contribution in [3.8, 4) is 0 Å². The Hall–Kier alpha value is -0.590. The predicted molar refractivity (Wildman–Crippen MR) is 48.4 cm³/mol.